The second-order valence-electron chi connectivity index (χ2n) is 3.85. The lowest BCUT2D eigenvalue weighted by Crippen LogP contribution is -2.15. The van der Waals surface area contributed by atoms with Gasteiger partial charge in [-0.15, -0.1) is 0 Å². The fraction of sp³-hybridized carbons (Fsp3) is 0.182. The van der Waals surface area contributed by atoms with Gasteiger partial charge in [-0.1, -0.05) is 11.6 Å². The average Bonchev–Trinajstić information content (AvgIpc) is 2.33. The number of rotatable bonds is 3. The summed E-state index contributed by atoms with van der Waals surface area (Å²) in [5.41, 5.74) is 5.54. The van der Waals surface area contributed by atoms with Gasteiger partial charge < -0.3 is 15.4 Å². The Morgan fingerprint density at radius 2 is 2.00 bits per heavy atom. The molecule has 1 heterocycles. The van der Waals surface area contributed by atoms with Crippen LogP contribution in [-0.2, 0) is 0 Å². The molecule has 100 valence electrons. The molecule has 0 unspecified atom stereocenters. The lowest BCUT2D eigenvalue weighted by Gasteiger charge is -2.11. The van der Waals surface area contributed by atoms with Crippen molar-refractivity contribution in [2.45, 2.75) is 0 Å². The van der Waals surface area contributed by atoms with Crippen LogP contribution in [0.1, 0.15) is 0 Å². The van der Waals surface area contributed by atoms with E-state index in [-0.39, 0.29) is 22.7 Å². The molecule has 0 fully saturated rings. The lowest BCUT2D eigenvalue weighted by molar-refractivity contribution is 0.437. The molecule has 6 nitrogen and oxygen atoms in total. The van der Waals surface area contributed by atoms with Crippen LogP contribution in [-0.4, -0.2) is 29.0 Å². The first-order valence-electron chi connectivity index (χ1n) is 5.27. The van der Waals surface area contributed by atoms with E-state index in [1.807, 2.05) is 0 Å². The van der Waals surface area contributed by atoms with Gasteiger partial charge in [0, 0.05) is 20.2 Å². The summed E-state index contributed by atoms with van der Waals surface area (Å²) in [6, 6.07) is 4.00. The molecule has 2 N–H and O–H groups in total. The van der Waals surface area contributed by atoms with Gasteiger partial charge in [-0.2, -0.15) is 15.0 Å². The van der Waals surface area contributed by atoms with Gasteiger partial charge in [-0.25, -0.2) is 4.39 Å². The molecule has 0 aliphatic heterocycles. The van der Waals surface area contributed by atoms with E-state index < -0.39 is 5.82 Å². The third-order valence-electron chi connectivity index (χ3n) is 2.12. The van der Waals surface area contributed by atoms with Gasteiger partial charge >= 0.3 is 6.01 Å². The predicted molar refractivity (Wildman–Crippen MR) is 70.1 cm³/mol. The van der Waals surface area contributed by atoms with Crippen LogP contribution in [0.3, 0.4) is 0 Å². The fourth-order valence-corrected chi connectivity index (χ4v) is 1.37. The molecule has 0 radical (unpaired) electrons. The molecule has 1 aromatic heterocycles. The summed E-state index contributed by atoms with van der Waals surface area (Å²) in [6.45, 7) is 0. The van der Waals surface area contributed by atoms with E-state index in [2.05, 4.69) is 15.0 Å². The summed E-state index contributed by atoms with van der Waals surface area (Å²) in [6.07, 6.45) is 0. The largest absolute Gasteiger partial charge is 0.424 e. The molecule has 8 heteroatoms. The van der Waals surface area contributed by atoms with Gasteiger partial charge in [-0.3, -0.25) is 0 Å². The summed E-state index contributed by atoms with van der Waals surface area (Å²) in [5.74, 6) is -0.00805. The monoisotopic (exact) mass is 283 g/mol. The highest BCUT2D eigenvalue weighted by Crippen LogP contribution is 2.24. The molecule has 19 heavy (non-hydrogen) atoms. The van der Waals surface area contributed by atoms with Gasteiger partial charge in [0.2, 0.25) is 11.9 Å². The minimum absolute atomic E-state index is 0.0106. The van der Waals surface area contributed by atoms with Crippen LogP contribution < -0.4 is 15.4 Å². The molecule has 0 aliphatic rings. The van der Waals surface area contributed by atoms with Crippen molar-refractivity contribution < 1.29 is 9.13 Å². The maximum absolute atomic E-state index is 13.3. The van der Waals surface area contributed by atoms with Crippen LogP contribution in [0.25, 0.3) is 0 Å². The topological polar surface area (TPSA) is 77.2 Å². The second kappa shape index (κ2) is 5.23. The zero-order valence-corrected chi connectivity index (χ0v) is 11.0. The van der Waals surface area contributed by atoms with Gasteiger partial charge in [-0.05, 0) is 12.1 Å². The Hall–Kier alpha value is -2.15. The first-order valence-corrected chi connectivity index (χ1v) is 5.65. The van der Waals surface area contributed by atoms with E-state index >= 15 is 0 Å². The van der Waals surface area contributed by atoms with Crippen LogP contribution in [0, 0.1) is 5.82 Å². The molecular formula is C11H11ClFN5O. The van der Waals surface area contributed by atoms with E-state index in [1.54, 1.807) is 19.0 Å². The summed E-state index contributed by atoms with van der Waals surface area (Å²) in [7, 11) is 3.50. The minimum Gasteiger partial charge on any atom is -0.424 e. The molecule has 0 aliphatic carbocycles. The molecule has 0 amide bonds. The summed E-state index contributed by atoms with van der Waals surface area (Å²) in [4.78, 5) is 13.4. The van der Waals surface area contributed by atoms with Crippen molar-refractivity contribution in [3.8, 4) is 11.8 Å². The minimum atomic E-state index is -0.589. The molecule has 0 spiro atoms. The number of benzene rings is 1. The molecule has 2 rings (SSSR count). The van der Waals surface area contributed by atoms with Crippen molar-refractivity contribution in [3.63, 3.8) is 0 Å². The van der Waals surface area contributed by atoms with E-state index in [0.29, 0.717) is 5.95 Å². The third-order valence-corrected chi connectivity index (χ3v) is 2.43. The number of hydrogen-bond donors (Lipinski definition) is 1. The Kier molecular flexibility index (Phi) is 3.66. The van der Waals surface area contributed by atoms with Gasteiger partial charge in [0.05, 0.1) is 5.02 Å². The van der Waals surface area contributed by atoms with Gasteiger partial charge in [0.15, 0.2) is 0 Å². The van der Waals surface area contributed by atoms with Crippen molar-refractivity contribution in [3.05, 3.63) is 29.0 Å². The van der Waals surface area contributed by atoms with E-state index in [4.69, 9.17) is 22.1 Å². The Labute approximate surface area is 114 Å². The smallest absolute Gasteiger partial charge is 0.328 e. The highest BCUT2D eigenvalue weighted by molar-refractivity contribution is 6.30. The molecule has 0 saturated heterocycles. The number of ether oxygens (including phenoxy) is 1. The molecular weight excluding hydrogens is 273 g/mol. The van der Waals surface area contributed by atoms with Crippen LogP contribution >= 0.6 is 11.6 Å². The van der Waals surface area contributed by atoms with E-state index in [1.165, 1.54) is 12.1 Å². The Morgan fingerprint density at radius 3 is 2.63 bits per heavy atom. The predicted octanol–water partition coefficient (Wildman–Crippen LogP) is 2.10. The van der Waals surface area contributed by atoms with E-state index in [9.17, 15) is 4.39 Å². The second-order valence-corrected chi connectivity index (χ2v) is 4.26. The zero-order chi connectivity index (χ0) is 14.0. The molecule has 2 aromatic rings. The van der Waals surface area contributed by atoms with Crippen molar-refractivity contribution in [2.24, 2.45) is 0 Å². The van der Waals surface area contributed by atoms with Crippen LogP contribution in [0.5, 0.6) is 11.8 Å². The molecule has 1 aromatic carbocycles. The van der Waals surface area contributed by atoms with Gasteiger partial charge in [0.1, 0.15) is 11.6 Å². The first kappa shape index (κ1) is 13.3. The third kappa shape index (κ3) is 3.19. The van der Waals surface area contributed by atoms with Crippen molar-refractivity contribution in [1.29, 1.82) is 0 Å². The maximum atomic E-state index is 13.3. The highest BCUT2D eigenvalue weighted by atomic mass is 35.5. The number of aromatic nitrogens is 3. The standard InChI is InChI=1S/C11H11ClFN5O/c1-18(2)10-15-9(14)16-11(17-10)19-6-3-4-7(12)8(13)5-6/h3-5H,1-2H3,(H2,14,15,16,17). The van der Waals surface area contributed by atoms with Crippen LogP contribution in [0.15, 0.2) is 18.2 Å². The average molecular weight is 284 g/mol. The normalized spacial score (nSPS) is 10.3. The maximum Gasteiger partial charge on any atom is 0.328 e. The number of halogens is 2. The summed E-state index contributed by atoms with van der Waals surface area (Å²) < 4.78 is 18.6. The van der Waals surface area contributed by atoms with Gasteiger partial charge in [0.25, 0.3) is 0 Å². The van der Waals surface area contributed by atoms with Crippen LogP contribution in [0.2, 0.25) is 5.02 Å². The number of nitrogen functional groups attached to an aromatic ring is 1. The lowest BCUT2D eigenvalue weighted by atomic mass is 10.3. The molecule has 0 saturated carbocycles. The van der Waals surface area contributed by atoms with Crippen molar-refractivity contribution >= 4 is 23.5 Å². The van der Waals surface area contributed by atoms with Crippen molar-refractivity contribution in [1.82, 2.24) is 15.0 Å². The summed E-state index contributed by atoms with van der Waals surface area (Å²) in [5, 5.41) is 0.0106. The summed E-state index contributed by atoms with van der Waals surface area (Å²) >= 11 is 5.58. The fourth-order valence-electron chi connectivity index (χ4n) is 1.25. The molecule has 0 bridgehead atoms. The Morgan fingerprint density at radius 1 is 1.26 bits per heavy atom. The Balaban J connectivity index is 2.29. The quantitative estimate of drug-likeness (QED) is 0.929. The Bertz CT molecular complexity index is 608. The first-order chi connectivity index (χ1) is 8.95. The van der Waals surface area contributed by atoms with Crippen molar-refractivity contribution in [2.75, 3.05) is 24.7 Å². The van der Waals surface area contributed by atoms with Crippen LogP contribution in [0.4, 0.5) is 16.3 Å². The number of nitrogens with two attached hydrogens (primary N) is 1. The molecule has 0 atom stereocenters. The number of anilines is 2. The number of hydrogen-bond acceptors (Lipinski definition) is 6. The SMILES string of the molecule is CN(C)c1nc(N)nc(Oc2ccc(Cl)c(F)c2)n1. The van der Waals surface area contributed by atoms with E-state index in [0.717, 1.165) is 6.07 Å². The zero-order valence-electron chi connectivity index (χ0n) is 10.3. The highest BCUT2D eigenvalue weighted by Gasteiger charge is 2.09. The number of nitrogens with zero attached hydrogens (tertiary/aromatic N) is 4.